The summed E-state index contributed by atoms with van der Waals surface area (Å²) in [4.78, 5) is 4.27. The van der Waals surface area contributed by atoms with E-state index in [0.29, 0.717) is 11.7 Å². The van der Waals surface area contributed by atoms with Crippen molar-refractivity contribution in [1.82, 2.24) is 10.1 Å². The van der Waals surface area contributed by atoms with Crippen LogP contribution in [-0.4, -0.2) is 10.1 Å². The van der Waals surface area contributed by atoms with Crippen LogP contribution >= 0.6 is 15.9 Å². The average molecular weight is 340 g/mol. The molecule has 6 heteroatoms. The fourth-order valence-corrected chi connectivity index (χ4v) is 2.16. The van der Waals surface area contributed by atoms with Gasteiger partial charge in [0.05, 0.1) is 0 Å². The predicted molar refractivity (Wildman–Crippen MR) is 79.4 cm³/mol. The van der Waals surface area contributed by atoms with Gasteiger partial charge >= 0.3 is 0 Å². The van der Waals surface area contributed by atoms with Gasteiger partial charge in [-0.1, -0.05) is 34.1 Å². The Labute approximate surface area is 126 Å². The van der Waals surface area contributed by atoms with Gasteiger partial charge in [-0.15, -0.1) is 0 Å². The zero-order valence-electron chi connectivity index (χ0n) is 11.6. The molecule has 0 aliphatic carbocycles. The summed E-state index contributed by atoms with van der Waals surface area (Å²) in [6, 6.07) is 5.68. The van der Waals surface area contributed by atoms with Crippen LogP contribution in [0.15, 0.2) is 27.2 Å². The van der Waals surface area contributed by atoms with Crippen molar-refractivity contribution in [1.29, 1.82) is 0 Å². The van der Waals surface area contributed by atoms with Gasteiger partial charge < -0.3 is 15.0 Å². The third-order valence-corrected chi connectivity index (χ3v) is 3.29. The third kappa shape index (κ3) is 3.80. The van der Waals surface area contributed by atoms with Crippen LogP contribution in [0.5, 0.6) is 5.75 Å². The lowest BCUT2D eigenvalue weighted by atomic mass is 10.1. The quantitative estimate of drug-likeness (QED) is 0.873. The lowest BCUT2D eigenvalue weighted by Gasteiger charge is -2.13. The first-order valence-corrected chi connectivity index (χ1v) is 7.38. The number of nitrogens with zero attached hydrogens (tertiary/aromatic N) is 2. The van der Waals surface area contributed by atoms with Gasteiger partial charge in [-0.25, -0.2) is 0 Å². The molecule has 108 valence electrons. The van der Waals surface area contributed by atoms with Crippen molar-refractivity contribution in [2.45, 2.75) is 39.3 Å². The van der Waals surface area contributed by atoms with Gasteiger partial charge in [0.15, 0.2) is 12.4 Å². The molecular weight excluding hydrogens is 322 g/mol. The maximum absolute atomic E-state index is 5.93. The number of rotatable bonds is 6. The highest BCUT2D eigenvalue weighted by molar-refractivity contribution is 9.10. The first kappa shape index (κ1) is 15.0. The molecule has 1 aromatic heterocycles. The van der Waals surface area contributed by atoms with Gasteiger partial charge in [0.25, 0.3) is 5.89 Å². The Balaban J connectivity index is 2.07. The van der Waals surface area contributed by atoms with Crippen LogP contribution in [0.4, 0.5) is 0 Å². The minimum Gasteiger partial charge on any atom is -0.483 e. The zero-order valence-corrected chi connectivity index (χ0v) is 13.2. The molecule has 0 amide bonds. The summed E-state index contributed by atoms with van der Waals surface area (Å²) >= 11 is 3.42. The minimum absolute atomic E-state index is 0.101. The highest BCUT2D eigenvalue weighted by Gasteiger charge is 2.11. The van der Waals surface area contributed by atoms with Gasteiger partial charge in [-0.05, 0) is 25.5 Å². The van der Waals surface area contributed by atoms with E-state index in [-0.39, 0.29) is 12.6 Å². The molecule has 0 spiro atoms. The molecule has 2 N–H and O–H groups in total. The summed E-state index contributed by atoms with van der Waals surface area (Å²) in [7, 11) is 0. The van der Waals surface area contributed by atoms with Crippen LogP contribution in [0.1, 0.15) is 43.6 Å². The van der Waals surface area contributed by atoms with Crippen LogP contribution in [0.25, 0.3) is 0 Å². The molecule has 2 aromatic rings. The number of aromatic nitrogens is 2. The number of hydrogen-bond acceptors (Lipinski definition) is 5. The summed E-state index contributed by atoms with van der Waals surface area (Å²) in [6.07, 6.45) is 1.80. The third-order valence-electron chi connectivity index (χ3n) is 2.80. The number of ether oxygens (including phenoxy) is 1. The van der Waals surface area contributed by atoms with Crippen molar-refractivity contribution in [3.8, 4) is 5.75 Å². The SMILES string of the molecule is CCCc1noc(COc2cc(Br)ccc2C(C)N)n1. The minimum atomic E-state index is -0.101. The highest BCUT2D eigenvalue weighted by atomic mass is 79.9. The van der Waals surface area contributed by atoms with E-state index in [1.165, 1.54) is 0 Å². The molecule has 0 bridgehead atoms. The Bertz CT molecular complexity index is 569. The largest absolute Gasteiger partial charge is 0.483 e. The molecule has 0 radical (unpaired) electrons. The molecule has 20 heavy (non-hydrogen) atoms. The van der Waals surface area contributed by atoms with Crippen molar-refractivity contribution in [3.05, 3.63) is 40.0 Å². The van der Waals surface area contributed by atoms with E-state index in [9.17, 15) is 0 Å². The molecule has 0 aliphatic rings. The molecule has 0 aliphatic heterocycles. The Morgan fingerprint density at radius 1 is 1.45 bits per heavy atom. The Hall–Kier alpha value is -1.40. The monoisotopic (exact) mass is 339 g/mol. The number of aryl methyl sites for hydroxylation is 1. The summed E-state index contributed by atoms with van der Waals surface area (Å²) in [5, 5.41) is 3.89. The molecule has 1 aromatic carbocycles. The lowest BCUT2D eigenvalue weighted by molar-refractivity contribution is 0.240. The van der Waals surface area contributed by atoms with E-state index in [1.54, 1.807) is 0 Å². The highest BCUT2D eigenvalue weighted by Crippen LogP contribution is 2.28. The average Bonchev–Trinajstić information content (AvgIpc) is 2.84. The summed E-state index contributed by atoms with van der Waals surface area (Å²) < 4.78 is 11.8. The molecule has 1 atom stereocenters. The van der Waals surface area contributed by atoms with E-state index >= 15 is 0 Å². The van der Waals surface area contributed by atoms with Gasteiger partial charge in [0.2, 0.25) is 0 Å². The van der Waals surface area contributed by atoms with Crippen LogP contribution in [-0.2, 0) is 13.0 Å². The van der Waals surface area contributed by atoms with Gasteiger partial charge in [-0.3, -0.25) is 0 Å². The summed E-state index contributed by atoms with van der Waals surface area (Å²) in [6.45, 7) is 4.23. The van der Waals surface area contributed by atoms with E-state index < -0.39 is 0 Å². The normalized spacial score (nSPS) is 12.4. The van der Waals surface area contributed by atoms with E-state index in [4.69, 9.17) is 15.0 Å². The van der Waals surface area contributed by atoms with Crippen molar-refractivity contribution in [2.24, 2.45) is 5.73 Å². The van der Waals surface area contributed by atoms with Gasteiger partial charge in [0, 0.05) is 22.5 Å². The predicted octanol–water partition coefficient (Wildman–Crippen LogP) is 3.38. The van der Waals surface area contributed by atoms with Crippen molar-refractivity contribution in [2.75, 3.05) is 0 Å². The summed E-state index contributed by atoms with van der Waals surface area (Å²) in [5.74, 6) is 1.92. The molecule has 1 heterocycles. The molecule has 5 nitrogen and oxygen atoms in total. The van der Waals surface area contributed by atoms with Crippen molar-refractivity contribution in [3.63, 3.8) is 0 Å². The van der Waals surface area contributed by atoms with Crippen molar-refractivity contribution < 1.29 is 9.26 Å². The molecular formula is C14H18BrN3O2. The number of halogens is 1. The second kappa shape index (κ2) is 6.85. The zero-order chi connectivity index (χ0) is 14.5. The fourth-order valence-electron chi connectivity index (χ4n) is 1.82. The smallest absolute Gasteiger partial charge is 0.264 e. The molecule has 0 saturated carbocycles. The Morgan fingerprint density at radius 3 is 2.95 bits per heavy atom. The number of hydrogen-bond donors (Lipinski definition) is 1. The molecule has 0 saturated heterocycles. The molecule has 1 unspecified atom stereocenters. The number of nitrogens with two attached hydrogens (primary N) is 1. The van der Waals surface area contributed by atoms with E-state index in [2.05, 4.69) is 33.0 Å². The second-order valence-corrected chi connectivity index (χ2v) is 5.53. The number of benzene rings is 1. The Morgan fingerprint density at radius 2 is 2.25 bits per heavy atom. The van der Waals surface area contributed by atoms with Crippen LogP contribution in [0, 0.1) is 0 Å². The maximum atomic E-state index is 5.93. The van der Waals surface area contributed by atoms with E-state index in [1.807, 2.05) is 25.1 Å². The Kier molecular flexibility index (Phi) is 5.14. The van der Waals surface area contributed by atoms with Crippen LogP contribution < -0.4 is 10.5 Å². The topological polar surface area (TPSA) is 74.2 Å². The second-order valence-electron chi connectivity index (χ2n) is 4.61. The van der Waals surface area contributed by atoms with Crippen LogP contribution in [0.3, 0.4) is 0 Å². The lowest BCUT2D eigenvalue weighted by Crippen LogP contribution is -2.08. The van der Waals surface area contributed by atoms with Gasteiger partial charge in [-0.2, -0.15) is 4.98 Å². The van der Waals surface area contributed by atoms with E-state index in [0.717, 1.165) is 28.6 Å². The maximum Gasteiger partial charge on any atom is 0.264 e. The molecule has 2 rings (SSSR count). The summed E-state index contributed by atoms with van der Waals surface area (Å²) in [5.41, 5.74) is 6.88. The fraction of sp³-hybridized carbons (Fsp3) is 0.429. The first-order chi connectivity index (χ1) is 9.60. The van der Waals surface area contributed by atoms with Gasteiger partial charge in [0.1, 0.15) is 5.75 Å². The van der Waals surface area contributed by atoms with Crippen LogP contribution in [0.2, 0.25) is 0 Å². The molecule has 0 fully saturated rings. The standard InChI is InChI=1S/C14H18BrN3O2/c1-3-4-13-17-14(20-18-13)8-19-12-7-10(15)5-6-11(12)9(2)16/h5-7,9H,3-4,8,16H2,1-2H3. The first-order valence-electron chi connectivity index (χ1n) is 6.59. The van der Waals surface area contributed by atoms with Crippen molar-refractivity contribution >= 4 is 15.9 Å².